The van der Waals surface area contributed by atoms with E-state index in [-0.39, 0.29) is 24.2 Å². The van der Waals surface area contributed by atoms with E-state index in [9.17, 15) is 14.4 Å². The van der Waals surface area contributed by atoms with Crippen molar-refractivity contribution in [3.63, 3.8) is 0 Å². The number of carbonyl (C=O) groups is 3. The molecule has 9 nitrogen and oxygen atoms in total. The summed E-state index contributed by atoms with van der Waals surface area (Å²) in [6, 6.07) is 8.02. The van der Waals surface area contributed by atoms with Gasteiger partial charge < -0.3 is 15.4 Å². The highest BCUT2D eigenvalue weighted by atomic mass is 32.2. The molecule has 1 fully saturated rings. The van der Waals surface area contributed by atoms with E-state index in [0.717, 1.165) is 11.8 Å². The zero-order chi connectivity index (χ0) is 19.2. The number of rotatable bonds is 5. The maximum absolute atomic E-state index is 12.2. The Bertz CT molecular complexity index is 886. The van der Waals surface area contributed by atoms with Gasteiger partial charge in [0, 0.05) is 31.4 Å². The van der Waals surface area contributed by atoms with E-state index >= 15 is 0 Å². The highest BCUT2D eigenvalue weighted by Crippen LogP contribution is 2.24. The first kappa shape index (κ1) is 18.5. The molecule has 27 heavy (non-hydrogen) atoms. The number of amidine groups is 1. The van der Waals surface area contributed by atoms with Gasteiger partial charge in [0.15, 0.2) is 5.17 Å². The van der Waals surface area contributed by atoms with Gasteiger partial charge in [0.25, 0.3) is 5.95 Å². The van der Waals surface area contributed by atoms with Crippen LogP contribution in [0.25, 0.3) is 0 Å². The molecule has 0 aliphatic carbocycles. The van der Waals surface area contributed by atoms with Crippen molar-refractivity contribution in [2.45, 2.75) is 18.6 Å². The summed E-state index contributed by atoms with van der Waals surface area (Å²) in [6.07, 6.45) is 3.08. The van der Waals surface area contributed by atoms with E-state index in [1.165, 1.54) is 6.92 Å². The quantitative estimate of drug-likeness (QED) is 0.592. The van der Waals surface area contributed by atoms with Gasteiger partial charge in [-0.25, -0.2) is 9.97 Å². The first-order valence-electron chi connectivity index (χ1n) is 7.91. The molecule has 1 aromatic carbocycles. The van der Waals surface area contributed by atoms with Crippen LogP contribution < -0.4 is 15.4 Å². The third-order valence-electron chi connectivity index (χ3n) is 3.30. The van der Waals surface area contributed by atoms with Gasteiger partial charge in [0.2, 0.25) is 11.8 Å². The fourth-order valence-corrected chi connectivity index (χ4v) is 3.15. The minimum atomic E-state index is -0.590. The lowest BCUT2D eigenvalue weighted by Gasteiger charge is -2.08. The lowest BCUT2D eigenvalue weighted by atomic mass is 10.2. The lowest BCUT2D eigenvalue weighted by Crippen LogP contribution is -2.28. The molecule has 0 spiro atoms. The number of aromatic nitrogens is 2. The summed E-state index contributed by atoms with van der Waals surface area (Å²) in [5.74, 6) is -0.418. The zero-order valence-electron chi connectivity index (χ0n) is 14.2. The predicted molar refractivity (Wildman–Crippen MR) is 99.6 cm³/mol. The van der Waals surface area contributed by atoms with Crippen LogP contribution in [0.5, 0.6) is 5.75 Å². The summed E-state index contributed by atoms with van der Waals surface area (Å²) in [7, 11) is 0. The van der Waals surface area contributed by atoms with E-state index in [1.54, 1.807) is 42.7 Å². The number of nitrogens with one attached hydrogen (secondary N) is 2. The summed E-state index contributed by atoms with van der Waals surface area (Å²) < 4.78 is 4.93. The monoisotopic (exact) mass is 385 g/mol. The molecular weight excluding hydrogens is 370 g/mol. The maximum atomic E-state index is 12.2. The fourth-order valence-electron chi connectivity index (χ4n) is 2.18. The Kier molecular flexibility index (Phi) is 5.77. The topological polar surface area (TPSA) is 123 Å². The van der Waals surface area contributed by atoms with Gasteiger partial charge in [0.1, 0.15) is 11.0 Å². The van der Waals surface area contributed by atoms with Crippen molar-refractivity contribution < 1.29 is 19.1 Å². The molecule has 0 radical (unpaired) electrons. The second-order valence-corrected chi connectivity index (χ2v) is 6.62. The van der Waals surface area contributed by atoms with Gasteiger partial charge in [-0.3, -0.25) is 14.4 Å². The van der Waals surface area contributed by atoms with Crippen LogP contribution in [-0.4, -0.2) is 38.2 Å². The minimum absolute atomic E-state index is 0.0170. The Morgan fingerprint density at radius 3 is 2.63 bits per heavy atom. The van der Waals surface area contributed by atoms with E-state index in [2.05, 4.69) is 25.6 Å². The highest BCUT2D eigenvalue weighted by Gasteiger charge is 2.32. The molecule has 1 aliphatic heterocycles. The number of aliphatic imine (C=N–C) groups is 1. The zero-order valence-corrected chi connectivity index (χ0v) is 15.0. The van der Waals surface area contributed by atoms with Gasteiger partial charge in [0.05, 0.1) is 0 Å². The van der Waals surface area contributed by atoms with E-state index in [1.807, 2.05) is 0 Å². The molecule has 138 valence electrons. The van der Waals surface area contributed by atoms with Crippen LogP contribution in [0.3, 0.4) is 0 Å². The van der Waals surface area contributed by atoms with Gasteiger partial charge in [-0.2, -0.15) is 4.99 Å². The Morgan fingerprint density at radius 2 is 1.96 bits per heavy atom. The first-order valence-corrected chi connectivity index (χ1v) is 8.79. The van der Waals surface area contributed by atoms with Crippen molar-refractivity contribution in [3.8, 4) is 5.75 Å². The van der Waals surface area contributed by atoms with Crippen LogP contribution >= 0.6 is 11.8 Å². The van der Waals surface area contributed by atoms with Crippen molar-refractivity contribution in [2.75, 3.05) is 5.32 Å². The van der Waals surface area contributed by atoms with Gasteiger partial charge in [-0.15, -0.1) is 0 Å². The van der Waals surface area contributed by atoms with Crippen molar-refractivity contribution >= 4 is 46.3 Å². The summed E-state index contributed by atoms with van der Waals surface area (Å²) in [4.78, 5) is 47.2. The van der Waals surface area contributed by atoms with Crippen LogP contribution in [0.15, 0.2) is 47.7 Å². The SMILES string of the molecule is CC(=O)Oc1ccc(NC(=O)CC2S/C(=N\c3ncccn3)NC2=O)cc1. The van der Waals surface area contributed by atoms with Crippen molar-refractivity contribution in [1.82, 2.24) is 15.3 Å². The van der Waals surface area contributed by atoms with Crippen molar-refractivity contribution in [1.29, 1.82) is 0 Å². The predicted octanol–water partition coefficient (Wildman–Crippen LogP) is 1.65. The number of hydrogen-bond donors (Lipinski definition) is 2. The molecule has 2 aromatic rings. The van der Waals surface area contributed by atoms with E-state index < -0.39 is 11.2 Å². The van der Waals surface area contributed by atoms with Gasteiger partial charge >= 0.3 is 5.97 Å². The number of anilines is 1. The third-order valence-corrected chi connectivity index (χ3v) is 4.38. The molecular formula is C17H15N5O4S. The Morgan fingerprint density at radius 1 is 1.26 bits per heavy atom. The molecule has 3 rings (SSSR count). The number of nitrogens with zero attached hydrogens (tertiary/aromatic N) is 3. The molecule has 2 amide bonds. The largest absolute Gasteiger partial charge is 0.427 e. The highest BCUT2D eigenvalue weighted by molar-refractivity contribution is 8.15. The molecule has 10 heteroatoms. The van der Waals surface area contributed by atoms with E-state index in [4.69, 9.17) is 4.74 Å². The van der Waals surface area contributed by atoms with Crippen molar-refractivity contribution in [2.24, 2.45) is 4.99 Å². The number of ether oxygens (including phenoxy) is 1. The van der Waals surface area contributed by atoms with Crippen LogP contribution in [0.2, 0.25) is 0 Å². The van der Waals surface area contributed by atoms with Crippen LogP contribution in [0.4, 0.5) is 11.6 Å². The molecule has 0 saturated carbocycles. The number of esters is 1. The molecule has 1 atom stereocenters. The number of carbonyl (C=O) groups excluding carboxylic acids is 3. The number of amides is 2. The number of thioether (sulfide) groups is 1. The molecule has 2 N–H and O–H groups in total. The fraction of sp³-hybridized carbons (Fsp3) is 0.176. The van der Waals surface area contributed by atoms with Gasteiger partial charge in [-0.1, -0.05) is 11.8 Å². The average molecular weight is 385 g/mol. The Balaban J connectivity index is 1.55. The van der Waals surface area contributed by atoms with E-state index in [0.29, 0.717) is 16.6 Å². The van der Waals surface area contributed by atoms with Crippen molar-refractivity contribution in [3.05, 3.63) is 42.7 Å². The van der Waals surface area contributed by atoms with Crippen LogP contribution in [0, 0.1) is 0 Å². The third kappa shape index (κ3) is 5.35. The molecule has 2 heterocycles. The van der Waals surface area contributed by atoms with Crippen LogP contribution in [-0.2, 0) is 14.4 Å². The molecule has 1 saturated heterocycles. The normalized spacial score (nSPS) is 17.4. The Labute approximate surface area is 158 Å². The summed E-state index contributed by atoms with van der Waals surface area (Å²) in [6.45, 7) is 1.31. The molecule has 1 aliphatic rings. The summed E-state index contributed by atoms with van der Waals surface area (Å²) >= 11 is 1.15. The lowest BCUT2D eigenvalue weighted by molar-refractivity contribution is -0.131. The number of benzene rings is 1. The maximum Gasteiger partial charge on any atom is 0.308 e. The standard InChI is InChI=1S/C17H15N5O4S/c1-10(23)26-12-5-3-11(4-6-12)20-14(24)9-13-15(25)21-17(27-13)22-16-18-7-2-8-19-16/h2-8,13H,9H2,1H3,(H,20,24)(H,18,19,21,22,25). The second kappa shape index (κ2) is 8.41. The molecule has 1 aromatic heterocycles. The minimum Gasteiger partial charge on any atom is -0.427 e. The van der Waals surface area contributed by atoms with Gasteiger partial charge in [-0.05, 0) is 30.3 Å². The van der Waals surface area contributed by atoms with Crippen LogP contribution in [0.1, 0.15) is 13.3 Å². The molecule has 0 bridgehead atoms. The second-order valence-electron chi connectivity index (χ2n) is 5.43. The Hall–Kier alpha value is -3.27. The summed E-state index contributed by atoms with van der Waals surface area (Å²) in [5.41, 5.74) is 0.533. The smallest absolute Gasteiger partial charge is 0.308 e. The summed E-state index contributed by atoms with van der Waals surface area (Å²) in [5, 5.41) is 5.08. The number of hydrogen-bond acceptors (Lipinski definition) is 8. The first-order chi connectivity index (χ1) is 13.0. The molecule has 1 unspecified atom stereocenters. The average Bonchev–Trinajstić information content (AvgIpc) is 2.96.